The molecule has 0 bridgehead atoms. The van der Waals surface area contributed by atoms with E-state index < -0.39 is 11.9 Å². The van der Waals surface area contributed by atoms with Gasteiger partial charge in [0.15, 0.2) is 11.6 Å². The SMILES string of the molecule is COc1cc(-c2noc(C(N)CO)n2)ccc1F. The van der Waals surface area contributed by atoms with E-state index in [0.29, 0.717) is 5.56 Å². The Kier molecular flexibility index (Phi) is 3.54. The van der Waals surface area contributed by atoms with Crippen LogP contribution in [0.3, 0.4) is 0 Å². The summed E-state index contributed by atoms with van der Waals surface area (Å²) in [6.45, 7) is -0.297. The predicted molar refractivity (Wildman–Crippen MR) is 60.3 cm³/mol. The van der Waals surface area contributed by atoms with Crippen molar-refractivity contribution >= 4 is 0 Å². The number of nitrogens with two attached hydrogens (primary N) is 1. The average molecular weight is 253 g/mol. The summed E-state index contributed by atoms with van der Waals surface area (Å²) in [6.07, 6.45) is 0. The number of aliphatic hydroxyl groups is 1. The summed E-state index contributed by atoms with van der Waals surface area (Å²) in [7, 11) is 1.37. The molecule has 0 saturated heterocycles. The lowest BCUT2D eigenvalue weighted by atomic mass is 10.2. The van der Waals surface area contributed by atoms with Crippen LogP contribution in [0.15, 0.2) is 22.7 Å². The van der Waals surface area contributed by atoms with Crippen LogP contribution in [0.25, 0.3) is 11.4 Å². The van der Waals surface area contributed by atoms with Gasteiger partial charge in [0.05, 0.1) is 13.7 Å². The van der Waals surface area contributed by atoms with Gasteiger partial charge in [-0.2, -0.15) is 4.98 Å². The van der Waals surface area contributed by atoms with Crippen molar-refractivity contribution in [2.24, 2.45) is 5.73 Å². The Labute approximate surface area is 102 Å². The number of hydrogen-bond acceptors (Lipinski definition) is 6. The monoisotopic (exact) mass is 253 g/mol. The summed E-state index contributed by atoms with van der Waals surface area (Å²) in [4.78, 5) is 4.02. The molecule has 0 amide bonds. The zero-order valence-electron chi connectivity index (χ0n) is 9.63. The number of benzene rings is 1. The maximum atomic E-state index is 13.2. The van der Waals surface area contributed by atoms with Gasteiger partial charge in [-0.15, -0.1) is 0 Å². The Balaban J connectivity index is 2.34. The molecule has 0 fully saturated rings. The highest BCUT2D eigenvalue weighted by molar-refractivity contribution is 5.57. The molecule has 3 N–H and O–H groups in total. The average Bonchev–Trinajstić information content (AvgIpc) is 2.88. The van der Waals surface area contributed by atoms with Gasteiger partial charge in [0.1, 0.15) is 6.04 Å². The molecule has 6 nitrogen and oxygen atoms in total. The van der Waals surface area contributed by atoms with Gasteiger partial charge in [-0.25, -0.2) is 4.39 Å². The van der Waals surface area contributed by atoms with E-state index in [1.165, 1.54) is 25.3 Å². The summed E-state index contributed by atoms with van der Waals surface area (Å²) >= 11 is 0. The Morgan fingerprint density at radius 2 is 2.33 bits per heavy atom. The molecular weight excluding hydrogens is 241 g/mol. The van der Waals surface area contributed by atoms with Gasteiger partial charge in [-0.3, -0.25) is 0 Å². The third-order valence-electron chi connectivity index (χ3n) is 2.36. The van der Waals surface area contributed by atoms with Crippen molar-refractivity contribution in [2.75, 3.05) is 13.7 Å². The quantitative estimate of drug-likeness (QED) is 0.839. The lowest BCUT2D eigenvalue weighted by Crippen LogP contribution is -2.14. The van der Waals surface area contributed by atoms with Crippen LogP contribution in [-0.4, -0.2) is 29.0 Å². The normalized spacial score (nSPS) is 12.4. The molecule has 0 saturated carbocycles. The number of halogens is 1. The molecule has 2 aromatic rings. The van der Waals surface area contributed by atoms with Crippen LogP contribution in [0.1, 0.15) is 11.9 Å². The maximum Gasteiger partial charge on any atom is 0.246 e. The molecule has 7 heteroatoms. The van der Waals surface area contributed by atoms with Gasteiger partial charge < -0.3 is 20.1 Å². The third-order valence-corrected chi connectivity index (χ3v) is 2.36. The van der Waals surface area contributed by atoms with Crippen molar-refractivity contribution in [1.29, 1.82) is 0 Å². The van der Waals surface area contributed by atoms with Gasteiger partial charge in [0.25, 0.3) is 0 Å². The molecule has 0 aliphatic rings. The smallest absolute Gasteiger partial charge is 0.246 e. The Hall–Kier alpha value is -1.99. The zero-order chi connectivity index (χ0) is 13.1. The van der Waals surface area contributed by atoms with Crippen molar-refractivity contribution in [3.05, 3.63) is 29.9 Å². The summed E-state index contributed by atoms with van der Waals surface area (Å²) in [5.74, 6) is -0.00896. The van der Waals surface area contributed by atoms with E-state index in [2.05, 4.69) is 10.1 Å². The molecule has 0 aliphatic carbocycles. The molecule has 0 spiro atoms. The molecule has 18 heavy (non-hydrogen) atoms. The first-order valence-corrected chi connectivity index (χ1v) is 5.19. The van der Waals surface area contributed by atoms with E-state index in [4.69, 9.17) is 20.1 Å². The fourth-order valence-corrected chi connectivity index (χ4v) is 1.38. The minimum atomic E-state index is -0.728. The number of aromatic nitrogens is 2. The molecule has 1 aromatic heterocycles. The summed E-state index contributed by atoms with van der Waals surface area (Å²) in [5, 5.41) is 12.6. The number of nitrogens with zero attached hydrogens (tertiary/aromatic N) is 2. The number of rotatable bonds is 4. The van der Waals surface area contributed by atoms with Crippen LogP contribution >= 0.6 is 0 Å². The molecule has 1 aromatic carbocycles. The molecule has 1 unspecified atom stereocenters. The van der Waals surface area contributed by atoms with Crippen molar-refractivity contribution in [2.45, 2.75) is 6.04 Å². The second-order valence-corrected chi connectivity index (χ2v) is 3.59. The summed E-state index contributed by atoms with van der Waals surface area (Å²) in [6, 6.07) is 3.47. The molecule has 96 valence electrons. The number of hydrogen-bond donors (Lipinski definition) is 2. The van der Waals surface area contributed by atoms with Crippen LogP contribution in [0.4, 0.5) is 4.39 Å². The zero-order valence-corrected chi connectivity index (χ0v) is 9.63. The fourth-order valence-electron chi connectivity index (χ4n) is 1.38. The number of aliphatic hydroxyl groups excluding tert-OH is 1. The van der Waals surface area contributed by atoms with Crippen molar-refractivity contribution < 1.29 is 18.8 Å². The van der Waals surface area contributed by atoms with E-state index in [1.54, 1.807) is 0 Å². The van der Waals surface area contributed by atoms with Gasteiger partial charge in [-0.1, -0.05) is 5.16 Å². The van der Waals surface area contributed by atoms with E-state index in [-0.39, 0.29) is 24.1 Å². The third kappa shape index (κ3) is 2.31. The molecule has 2 rings (SSSR count). The molecule has 0 aliphatic heterocycles. The second-order valence-electron chi connectivity index (χ2n) is 3.59. The highest BCUT2D eigenvalue weighted by Gasteiger charge is 2.15. The van der Waals surface area contributed by atoms with E-state index in [1.807, 2.05) is 0 Å². The van der Waals surface area contributed by atoms with Crippen LogP contribution in [-0.2, 0) is 0 Å². The van der Waals surface area contributed by atoms with Gasteiger partial charge >= 0.3 is 0 Å². The van der Waals surface area contributed by atoms with Crippen molar-refractivity contribution in [3.63, 3.8) is 0 Å². The van der Waals surface area contributed by atoms with Gasteiger partial charge in [-0.05, 0) is 18.2 Å². The second kappa shape index (κ2) is 5.11. The minimum Gasteiger partial charge on any atom is -0.494 e. The Bertz CT molecular complexity index is 544. The summed E-state index contributed by atoms with van der Waals surface area (Å²) in [5.41, 5.74) is 6.07. The Morgan fingerprint density at radius 3 is 3.00 bits per heavy atom. The van der Waals surface area contributed by atoms with Crippen LogP contribution in [0.5, 0.6) is 5.75 Å². The first kappa shape index (κ1) is 12.5. The minimum absolute atomic E-state index is 0.0882. The maximum absolute atomic E-state index is 13.2. The largest absolute Gasteiger partial charge is 0.494 e. The Morgan fingerprint density at radius 1 is 1.56 bits per heavy atom. The topological polar surface area (TPSA) is 94.4 Å². The molecule has 0 radical (unpaired) electrons. The highest BCUT2D eigenvalue weighted by atomic mass is 19.1. The first-order valence-electron chi connectivity index (χ1n) is 5.19. The van der Waals surface area contributed by atoms with E-state index in [9.17, 15) is 4.39 Å². The predicted octanol–water partition coefficient (Wildman–Crippen LogP) is 0.876. The van der Waals surface area contributed by atoms with Crippen LogP contribution in [0.2, 0.25) is 0 Å². The summed E-state index contributed by atoms with van der Waals surface area (Å²) < 4.78 is 23.0. The lowest BCUT2D eigenvalue weighted by Gasteiger charge is -2.02. The van der Waals surface area contributed by atoms with Gasteiger partial charge in [0.2, 0.25) is 11.7 Å². The van der Waals surface area contributed by atoms with Crippen LogP contribution in [0, 0.1) is 5.82 Å². The van der Waals surface area contributed by atoms with E-state index >= 15 is 0 Å². The molecule has 1 heterocycles. The highest BCUT2D eigenvalue weighted by Crippen LogP contribution is 2.24. The standard InChI is InChI=1S/C11H12FN3O3/c1-17-9-4-6(2-3-7(9)12)10-14-11(18-15-10)8(13)5-16/h2-4,8,16H,5,13H2,1H3. The number of methoxy groups -OCH3 is 1. The van der Waals surface area contributed by atoms with Crippen molar-refractivity contribution in [3.8, 4) is 17.1 Å². The number of ether oxygens (including phenoxy) is 1. The fraction of sp³-hybridized carbons (Fsp3) is 0.273. The first-order chi connectivity index (χ1) is 8.65. The van der Waals surface area contributed by atoms with Crippen molar-refractivity contribution in [1.82, 2.24) is 10.1 Å². The molecular formula is C11H12FN3O3. The van der Waals surface area contributed by atoms with Crippen LogP contribution < -0.4 is 10.5 Å². The lowest BCUT2D eigenvalue weighted by molar-refractivity contribution is 0.237. The molecule has 1 atom stereocenters. The van der Waals surface area contributed by atoms with E-state index in [0.717, 1.165) is 0 Å². The van der Waals surface area contributed by atoms with Gasteiger partial charge in [0, 0.05) is 5.56 Å².